The molecule has 0 unspecified atom stereocenters. The van der Waals surface area contributed by atoms with Crippen LogP contribution >= 0.6 is 46.7 Å². The molecular formula is C19H21Cl2NO3S2. The third kappa shape index (κ3) is 7.03. The molecule has 0 saturated heterocycles. The number of hydrogen-bond acceptors (Lipinski definition) is 5. The molecule has 4 nitrogen and oxygen atoms in total. The van der Waals surface area contributed by atoms with E-state index in [0.717, 1.165) is 22.0 Å². The number of rotatable bonds is 10. The van der Waals surface area contributed by atoms with Gasteiger partial charge in [0.15, 0.2) is 11.5 Å². The van der Waals surface area contributed by atoms with Gasteiger partial charge in [-0.05, 0) is 35.9 Å². The van der Waals surface area contributed by atoms with Crippen molar-refractivity contribution in [2.75, 3.05) is 32.3 Å². The second-order valence-electron chi connectivity index (χ2n) is 5.41. The molecule has 0 radical (unpaired) electrons. The van der Waals surface area contributed by atoms with Crippen LogP contribution in [-0.2, 0) is 10.5 Å². The van der Waals surface area contributed by atoms with Gasteiger partial charge in [-0.1, -0.05) is 29.3 Å². The molecular weight excluding hydrogens is 425 g/mol. The standard InChI is InChI=1S/C19H21Cl2NO3S2/c1-24-17-7-6-13(10-18(17)25-2)27-12-19(23)22-8-9-26-11-14-15(20)4-3-5-16(14)21/h3-7,10H,8-9,11-12H2,1-2H3,(H,22,23). The van der Waals surface area contributed by atoms with E-state index in [1.165, 1.54) is 11.8 Å². The summed E-state index contributed by atoms with van der Waals surface area (Å²) in [5, 5.41) is 4.26. The Morgan fingerprint density at radius 2 is 1.78 bits per heavy atom. The number of carbonyl (C=O) groups excluding carboxylic acids is 1. The van der Waals surface area contributed by atoms with E-state index in [1.54, 1.807) is 26.0 Å². The number of nitrogens with one attached hydrogen (secondary N) is 1. The maximum atomic E-state index is 12.0. The van der Waals surface area contributed by atoms with Crippen molar-refractivity contribution in [1.29, 1.82) is 0 Å². The highest BCUT2D eigenvalue weighted by molar-refractivity contribution is 8.00. The molecule has 2 aromatic carbocycles. The predicted molar refractivity (Wildman–Crippen MR) is 116 cm³/mol. The lowest BCUT2D eigenvalue weighted by Crippen LogP contribution is -2.27. The van der Waals surface area contributed by atoms with Gasteiger partial charge in [0.05, 0.1) is 20.0 Å². The molecule has 1 N–H and O–H groups in total. The van der Waals surface area contributed by atoms with E-state index in [9.17, 15) is 4.79 Å². The van der Waals surface area contributed by atoms with Crippen LogP contribution in [0.1, 0.15) is 5.56 Å². The molecule has 27 heavy (non-hydrogen) atoms. The second kappa shape index (κ2) is 11.6. The lowest BCUT2D eigenvalue weighted by atomic mass is 10.2. The topological polar surface area (TPSA) is 47.6 Å². The molecule has 0 atom stereocenters. The molecule has 0 spiro atoms. The summed E-state index contributed by atoms with van der Waals surface area (Å²) in [6, 6.07) is 11.1. The first-order valence-corrected chi connectivity index (χ1v) is 11.1. The number of ether oxygens (including phenoxy) is 2. The van der Waals surface area contributed by atoms with E-state index in [4.69, 9.17) is 32.7 Å². The van der Waals surface area contributed by atoms with Gasteiger partial charge < -0.3 is 14.8 Å². The van der Waals surface area contributed by atoms with Crippen LogP contribution in [0.3, 0.4) is 0 Å². The molecule has 0 heterocycles. The Labute approximate surface area is 178 Å². The third-order valence-electron chi connectivity index (χ3n) is 3.60. The van der Waals surface area contributed by atoms with Crippen molar-refractivity contribution in [2.24, 2.45) is 0 Å². The average molecular weight is 446 g/mol. The van der Waals surface area contributed by atoms with Crippen LogP contribution in [0.4, 0.5) is 0 Å². The average Bonchev–Trinajstić information content (AvgIpc) is 2.67. The summed E-state index contributed by atoms with van der Waals surface area (Å²) in [5.74, 6) is 3.16. The summed E-state index contributed by atoms with van der Waals surface area (Å²) in [5.41, 5.74) is 0.932. The van der Waals surface area contributed by atoms with Crippen molar-refractivity contribution < 1.29 is 14.3 Å². The van der Waals surface area contributed by atoms with Crippen LogP contribution in [0, 0.1) is 0 Å². The first-order chi connectivity index (χ1) is 13.0. The Bertz CT molecular complexity index is 754. The summed E-state index contributed by atoms with van der Waals surface area (Å²) in [6.45, 7) is 0.595. The number of amides is 1. The number of benzene rings is 2. The largest absolute Gasteiger partial charge is 0.493 e. The maximum absolute atomic E-state index is 12.0. The molecule has 146 valence electrons. The van der Waals surface area contributed by atoms with Gasteiger partial charge >= 0.3 is 0 Å². The van der Waals surface area contributed by atoms with Gasteiger partial charge in [0.1, 0.15) is 0 Å². The smallest absolute Gasteiger partial charge is 0.230 e. The van der Waals surface area contributed by atoms with Gasteiger partial charge in [0.25, 0.3) is 0 Å². The molecule has 2 rings (SSSR count). The minimum Gasteiger partial charge on any atom is -0.493 e. The number of methoxy groups -OCH3 is 2. The number of hydrogen-bond donors (Lipinski definition) is 1. The van der Waals surface area contributed by atoms with Crippen molar-refractivity contribution in [3.05, 3.63) is 52.0 Å². The van der Waals surface area contributed by atoms with Crippen molar-refractivity contribution >= 4 is 52.6 Å². The van der Waals surface area contributed by atoms with Gasteiger partial charge in [-0.3, -0.25) is 4.79 Å². The van der Waals surface area contributed by atoms with E-state index < -0.39 is 0 Å². The molecule has 0 aliphatic heterocycles. The van der Waals surface area contributed by atoms with Gasteiger partial charge in [0, 0.05) is 33.0 Å². The van der Waals surface area contributed by atoms with Crippen molar-refractivity contribution in [3.8, 4) is 11.5 Å². The van der Waals surface area contributed by atoms with Crippen LogP contribution in [-0.4, -0.2) is 38.2 Å². The lowest BCUT2D eigenvalue weighted by Gasteiger charge is -2.10. The van der Waals surface area contributed by atoms with Gasteiger partial charge in [0.2, 0.25) is 5.91 Å². The number of halogens is 2. The van der Waals surface area contributed by atoms with Crippen molar-refractivity contribution in [1.82, 2.24) is 5.32 Å². The minimum absolute atomic E-state index is 0.00818. The first kappa shape index (κ1) is 22.1. The van der Waals surface area contributed by atoms with Crippen LogP contribution in [0.5, 0.6) is 11.5 Å². The van der Waals surface area contributed by atoms with Crippen molar-refractivity contribution in [2.45, 2.75) is 10.6 Å². The quantitative estimate of drug-likeness (QED) is 0.404. The van der Waals surface area contributed by atoms with Crippen LogP contribution in [0.2, 0.25) is 10.0 Å². The Balaban J connectivity index is 1.68. The predicted octanol–water partition coefficient (Wildman–Crippen LogP) is 5.15. The Morgan fingerprint density at radius 3 is 2.44 bits per heavy atom. The fraction of sp³-hybridized carbons (Fsp3) is 0.316. The van der Waals surface area contributed by atoms with E-state index in [-0.39, 0.29) is 5.91 Å². The van der Waals surface area contributed by atoms with Gasteiger partial charge in [-0.15, -0.1) is 11.8 Å². The summed E-state index contributed by atoms with van der Waals surface area (Å²) in [7, 11) is 3.18. The van der Waals surface area contributed by atoms with Crippen LogP contribution < -0.4 is 14.8 Å². The number of thioether (sulfide) groups is 2. The first-order valence-electron chi connectivity index (χ1n) is 8.17. The zero-order valence-electron chi connectivity index (χ0n) is 15.1. The van der Waals surface area contributed by atoms with E-state index in [2.05, 4.69) is 5.32 Å². The highest BCUT2D eigenvalue weighted by Gasteiger charge is 2.08. The highest BCUT2D eigenvalue weighted by Crippen LogP contribution is 2.31. The normalized spacial score (nSPS) is 10.5. The molecule has 1 amide bonds. The summed E-state index contributed by atoms with van der Waals surface area (Å²) in [6.07, 6.45) is 0. The fourth-order valence-corrected chi connectivity index (χ4v) is 4.56. The molecule has 2 aromatic rings. The summed E-state index contributed by atoms with van der Waals surface area (Å²) >= 11 is 15.4. The van der Waals surface area contributed by atoms with E-state index >= 15 is 0 Å². The maximum Gasteiger partial charge on any atom is 0.230 e. The second-order valence-corrected chi connectivity index (χ2v) is 8.38. The zero-order valence-corrected chi connectivity index (χ0v) is 18.2. The molecule has 0 aliphatic carbocycles. The Morgan fingerprint density at radius 1 is 1.07 bits per heavy atom. The fourth-order valence-electron chi connectivity index (χ4n) is 2.21. The lowest BCUT2D eigenvalue weighted by molar-refractivity contribution is -0.118. The monoisotopic (exact) mass is 445 g/mol. The third-order valence-corrected chi connectivity index (χ3v) is 6.29. The molecule has 0 fully saturated rings. The molecule has 0 saturated carbocycles. The van der Waals surface area contributed by atoms with Crippen LogP contribution in [0.25, 0.3) is 0 Å². The summed E-state index contributed by atoms with van der Waals surface area (Å²) < 4.78 is 10.5. The molecule has 0 aromatic heterocycles. The van der Waals surface area contributed by atoms with E-state index in [0.29, 0.717) is 33.8 Å². The van der Waals surface area contributed by atoms with E-state index in [1.807, 2.05) is 36.4 Å². The van der Waals surface area contributed by atoms with Crippen LogP contribution in [0.15, 0.2) is 41.3 Å². The minimum atomic E-state index is -0.00818. The highest BCUT2D eigenvalue weighted by atomic mass is 35.5. The molecule has 0 bridgehead atoms. The number of carbonyl (C=O) groups is 1. The summed E-state index contributed by atoms with van der Waals surface area (Å²) in [4.78, 5) is 12.9. The zero-order chi connectivity index (χ0) is 19.6. The molecule has 8 heteroatoms. The van der Waals surface area contributed by atoms with Gasteiger partial charge in [-0.2, -0.15) is 11.8 Å². The Kier molecular flexibility index (Phi) is 9.48. The molecule has 0 aliphatic rings. The Hall–Kier alpha value is -1.21. The SMILES string of the molecule is COc1ccc(SCC(=O)NCCSCc2c(Cl)cccc2Cl)cc1OC. The van der Waals surface area contributed by atoms with Gasteiger partial charge in [-0.25, -0.2) is 0 Å². The van der Waals surface area contributed by atoms with Crippen molar-refractivity contribution in [3.63, 3.8) is 0 Å².